The Kier molecular flexibility index (Phi) is 5.00. The monoisotopic (exact) mass is 355 g/mol. The Balaban J connectivity index is 2.07. The number of benzene rings is 2. The fourth-order valence-electron chi connectivity index (χ4n) is 3.08. The molecular formula is C20H22ClN3O. The number of halogens is 1. The van der Waals surface area contributed by atoms with Crippen molar-refractivity contribution in [2.75, 3.05) is 29.9 Å². The highest BCUT2D eigenvalue weighted by Gasteiger charge is 2.13. The van der Waals surface area contributed by atoms with E-state index in [9.17, 15) is 5.11 Å². The Bertz CT molecular complexity index is 893. The van der Waals surface area contributed by atoms with Gasteiger partial charge >= 0.3 is 0 Å². The van der Waals surface area contributed by atoms with Crippen LogP contribution in [0.2, 0.25) is 5.02 Å². The molecule has 5 heteroatoms. The Morgan fingerprint density at radius 3 is 2.48 bits per heavy atom. The average molecular weight is 356 g/mol. The molecule has 1 N–H and O–H groups in total. The summed E-state index contributed by atoms with van der Waals surface area (Å²) in [6.45, 7) is 5.85. The van der Waals surface area contributed by atoms with Crippen molar-refractivity contribution < 1.29 is 5.11 Å². The van der Waals surface area contributed by atoms with Crippen molar-refractivity contribution in [1.82, 2.24) is 4.98 Å². The van der Waals surface area contributed by atoms with E-state index in [0.29, 0.717) is 10.8 Å². The maximum absolute atomic E-state index is 10.2. The molecular weight excluding hydrogens is 334 g/mol. The summed E-state index contributed by atoms with van der Waals surface area (Å²) >= 11 is 6.09. The van der Waals surface area contributed by atoms with Crippen molar-refractivity contribution >= 4 is 39.6 Å². The number of aromatic nitrogens is 1. The highest BCUT2D eigenvalue weighted by Crippen LogP contribution is 2.36. The second-order valence-electron chi connectivity index (χ2n) is 5.90. The predicted molar refractivity (Wildman–Crippen MR) is 106 cm³/mol. The zero-order chi connectivity index (χ0) is 18.0. The van der Waals surface area contributed by atoms with Crippen LogP contribution in [-0.2, 0) is 0 Å². The first-order chi connectivity index (χ1) is 12.0. The molecule has 0 radical (unpaired) electrons. The lowest BCUT2D eigenvalue weighted by Gasteiger charge is -2.26. The quantitative estimate of drug-likeness (QED) is 0.682. The van der Waals surface area contributed by atoms with Crippen LogP contribution in [0.3, 0.4) is 0 Å². The summed E-state index contributed by atoms with van der Waals surface area (Å²) in [5, 5.41) is 11.9. The van der Waals surface area contributed by atoms with Crippen molar-refractivity contribution in [2.45, 2.75) is 13.8 Å². The van der Waals surface area contributed by atoms with E-state index in [0.717, 1.165) is 41.1 Å². The van der Waals surface area contributed by atoms with Crippen LogP contribution in [0.4, 0.5) is 17.1 Å². The molecule has 0 amide bonds. The molecule has 0 bridgehead atoms. The molecule has 0 saturated heterocycles. The van der Waals surface area contributed by atoms with Gasteiger partial charge in [-0.1, -0.05) is 11.6 Å². The minimum absolute atomic E-state index is 0.298. The summed E-state index contributed by atoms with van der Waals surface area (Å²) in [5.41, 5.74) is 3.75. The molecule has 130 valence electrons. The van der Waals surface area contributed by atoms with Crippen molar-refractivity contribution in [3.05, 3.63) is 53.7 Å². The minimum atomic E-state index is 0.298. The highest BCUT2D eigenvalue weighted by atomic mass is 35.5. The van der Waals surface area contributed by atoms with E-state index in [2.05, 4.69) is 28.6 Å². The van der Waals surface area contributed by atoms with Gasteiger partial charge in [-0.05, 0) is 56.3 Å². The van der Waals surface area contributed by atoms with Crippen molar-refractivity contribution in [2.24, 2.45) is 0 Å². The van der Waals surface area contributed by atoms with Gasteiger partial charge in [-0.2, -0.15) is 0 Å². The summed E-state index contributed by atoms with van der Waals surface area (Å²) in [6.07, 6.45) is 1.79. The molecule has 1 aromatic heterocycles. The van der Waals surface area contributed by atoms with Gasteiger partial charge in [0.15, 0.2) is 0 Å². The molecule has 3 rings (SSSR count). The van der Waals surface area contributed by atoms with Crippen molar-refractivity contribution in [3.8, 4) is 5.75 Å². The summed E-state index contributed by atoms with van der Waals surface area (Å²) < 4.78 is 0. The fourth-order valence-corrected chi connectivity index (χ4v) is 3.24. The summed E-state index contributed by atoms with van der Waals surface area (Å²) in [5.74, 6) is 0.298. The molecule has 0 atom stereocenters. The molecule has 3 aromatic rings. The van der Waals surface area contributed by atoms with Gasteiger partial charge in [-0.15, -0.1) is 0 Å². The van der Waals surface area contributed by atoms with Gasteiger partial charge in [0, 0.05) is 42.4 Å². The molecule has 25 heavy (non-hydrogen) atoms. The third kappa shape index (κ3) is 3.35. The molecule has 0 spiro atoms. The Morgan fingerprint density at radius 2 is 1.76 bits per heavy atom. The van der Waals surface area contributed by atoms with Crippen LogP contribution in [0.5, 0.6) is 5.75 Å². The number of hydrogen-bond donors (Lipinski definition) is 1. The Labute approximate surface area is 153 Å². The number of anilines is 3. The molecule has 0 unspecified atom stereocenters. The standard InChI is InChI=1S/C20H22ClN3O/c1-4-24(5-2)19-13-15(7-9-20(19)25)23(3)18-10-11-22-17-12-14(21)6-8-16(17)18/h6-13,25H,4-5H2,1-3H3. The number of fused-ring (bicyclic) bond motifs is 1. The molecule has 1 heterocycles. The highest BCUT2D eigenvalue weighted by molar-refractivity contribution is 6.31. The predicted octanol–water partition coefficient (Wildman–Crippen LogP) is 5.21. The van der Waals surface area contributed by atoms with E-state index in [-0.39, 0.29) is 0 Å². The minimum Gasteiger partial charge on any atom is -0.506 e. The van der Waals surface area contributed by atoms with Crippen LogP contribution in [-0.4, -0.2) is 30.2 Å². The zero-order valence-electron chi connectivity index (χ0n) is 14.7. The first-order valence-electron chi connectivity index (χ1n) is 8.41. The molecule has 4 nitrogen and oxygen atoms in total. The molecule has 2 aromatic carbocycles. The first-order valence-corrected chi connectivity index (χ1v) is 8.79. The molecule has 0 aliphatic heterocycles. The second-order valence-corrected chi connectivity index (χ2v) is 6.33. The van der Waals surface area contributed by atoms with Crippen LogP contribution in [0.15, 0.2) is 48.7 Å². The van der Waals surface area contributed by atoms with Gasteiger partial charge in [-0.25, -0.2) is 0 Å². The lowest BCUT2D eigenvalue weighted by Crippen LogP contribution is -2.22. The zero-order valence-corrected chi connectivity index (χ0v) is 15.5. The van der Waals surface area contributed by atoms with Gasteiger partial charge in [0.25, 0.3) is 0 Å². The molecule has 0 saturated carbocycles. The molecule has 0 fully saturated rings. The molecule has 0 aliphatic rings. The smallest absolute Gasteiger partial charge is 0.139 e. The van der Waals surface area contributed by atoms with Gasteiger partial charge in [0.2, 0.25) is 0 Å². The number of hydrogen-bond acceptors (Lipinski definition) is 4. The first kappa shape index (κ1) is 17.4. The van der Waals surface area contributed by atoms with E-state index in [1.165, 1.54) is 0 Å². The summed E-state index contributed by atoms with van der Waals surface area (Å²) in [6, 6.07) is 13.4. The second kappa shape index (κ2) is 7.19. The number of phenolic OH excluding ortho intramolecular Hbond substituents is 1. The lowest BCUT2D eigenvalue weighted by molar-refractivity contribution is 0.474. The third-order valence-electron chi connectivity index (χ3n) is 4.49. The largest absolute Gasteiger partial charge is 0.506 e. The number of phenols is 1. The summed E-state index contributed by atoms with van der Waals surface area (Å²) in [7, 11) is 2.02. The van der Waals surface area contributed by atoms with E-state index < -0.39 is 0 Å². The van der Waals surface area contributed by atoms with E-state index in [1.54, 1.807) is 12.3 Å². The maximum atomic E-state index is 10.2. The van der Waals surface area contributed by atoms with E-state index in [4.69, 9.17) is 11.6 Å². The lowest BCUT2D eigenvalue weighted by atomic mass is 10.1. The summed E-state index contributed by atoms with van der Waals surface area (Å²) in [4.78, 5) is 8.64. The van der Waals surface area contributed by atoms with Crippen LogP contribution >= 0.6 is 11.6 Å². The SMILES string of the molecule is CCN(CC)c1cc(N(C)c2ccnc3cc(Cl)ccc23)ccc1O. The Hall–Kier alpha value is -2.46. The number of rotatable bonds is 5. The van der Waals surface area contributed by atoms with Crippen LogP contribution in [0.1, 0.15) is 13.8 Å². The number of pyridine rings is 1. The van der Waals surface area contributed by atoms with Gasteiger partial charge in [-0.3, -0.25) is 4.98 Å². The van der Waals surface area contributed by atoms with Gasteiger partial charge in [0.1, 0.15) is 5.75 Å². The van der Waals surface area contributed by atoms with E-state index >= 15 is 0 Å². The maximum Gasteiger partial charge on any atom is 0.139 e. The van der Waals surface area contributed by atoms with Crippen LogP contribution < -0.4 is 9.80 Å². The van der Waals surface area contributed by atoms with Crippen molar-refractivity contribution in [3.63, 3.8) is 0 Å². The molecule has 0 aliphatic carbocycles. The number of aromatic hydroxyl groups is 1. The number of nitrogens with zero attached hydrogens (tertiary/aromatic N) is 3. The third-order valence-corrected chi connectivity index (χ3v) is 4.73. The van der Waals surface area contributed by atoms with Crippen LogP contribution in [0, 0.1) is 0 Å². The van der Waals surface area contributed by atoms with Gasteiger partial charge in [0.05, 0.1) is 16.9 Å². The Morgan fingerprint density at radius 1 is 1.00 bits per heavy atom. The van der Waals surface area contributed by atoms with E-state index in [1.807, 2.05) is 43.4 Å². The normalized spacial score (nSPS) is 10.9. The van der Waals surface area contributed by atoms with Crippen molar-refractivity contribution in [1.29, 1.82) is 0 Å². The average Bonchev–Trinajstić information content (AvgIpc) is 2.62. The van der Waals surface area contributed by atoms with Gasteiger partial charge < -0.3 is 14.9 Å². The topological polar surface area (TPSA) is 39.6 Å². The fraction of sp³-hybridized carbons (Fsp3) is 0.250. The van der Waals surface area contributed by atoms with Crippen LogP contribution in [0.25, 0.3) is 10.9 Å².